The number of nitrogens with zero attached hydrogens (tertiary/aromatic N) is 1. The van der Waals surface area contributed by atoms with Gasteiger partial charge in [0, 0.05) is 50.5 Å². The molecule has 1 heterocycles. The Kier molecular flexibility index (Phi) is 5.11. The van der Waals surface area contributed by atoms with Gasteiger partial charge in [-0.25, -0.2) is 0 Å². The van der Waals surface area contributed by atoms with Crippen LogP contribution in [-0.2, 0) is 9.59 Å². The maximum absolute atomic E-state index is 12.1. The molecule has 3 atom stereocenters. The zero-order valence-electron chi connectivity index (χ0n) is 12.2. The third-order valence-electron chi connectivity index (χ3n) is 4.74. The summed E-state index contributed by atoms with van der Waals surface area (Å²) in [7, 11) is 0. The van der Waals surface area contributed by atoms with Gasteiger partial charge in [-0.15, -0.1) is 0 Å². The number of nitrogens with one attached hydrogen (secondary N) is 1. The van der Waals surface area contributed by atoms with Crippen LogP contribution in [0.4, 0.5) is 0 Å². The van der Waals surface area contributed by atoms with E-state index in [0.29, 0.717) is 24.4 Å². The Balaban J connectivity index is 2.08. The maximum atomic E-state index is 12.1. The molecule has 2 fully saturated rings. The van der Waals surface area contributed by atoms with E-state index in [4.69, 9.17) is 0 Å². The van der Waals surface area contributed by atoms with Crippen molar-refractivity contribution in [2.75, 3.05) is 19.8 Å². The van der Waals surface area contributed by atoms with E-state index in [-0.39, 0.29) is 17.9 Å². The molecular weight excluding hydrogens is 240 g/mol. The highest BCUT2D eigenvalue weighted by molar-refractivity contribution is 5.83. The Labute approximate surface area is 115 Å². The molecule has 0 spiro atoms. The third kappa shape index (κ3) is 3.23. The van der Waals surface area contributed by atoms with Crippen molar-refractivity contribution in [2.24, 2.45) is 11.8 Å². The molecule has 2 rings (SSSR count). The summed E-state index contributed by atoms with van der Waals surface area (Å²) in [4.78, 5) is 26.5. The Bertz CT molecular complexity index is 337. The molecule has 1 saturated heterocycles. The number of hydrogen-bond donors (Lipinski definition) is 1. The van der Waals surface area contributed by atoms with Crippen LogP contribution in [0.15, 0.2) is 0 Å². The minimum atomic E-state index is 0.144. The van der Waals surface area contributed by atoms with Crippen molar-refractivity contribution in [3.8, 4) is 0 Å². The Morgan fingerprint density at radius 2 is 1.89 bits per heavy atom. The molecule has 2 aliphatic rings. The van der Waals surface area contributed by atoms with Gasteiger partial charge in [0.1, 0.15) is 11.6 Å². The van der Waals surface area contributed by atoms with Crippen molar-refractivity contribution in [3.63, 3.8) is 0 Å². The normalized spacial score (nSPS) is 32.4. The lowest BCUT2D eigenvalue weighted by atomic mass is 9.73. The average molecular weight is 266 g/mol. The molecule has 0 radical (unpaired) electrons. The molecule has 0 bridgehead atoms. The van der Waals surface area contributed by atoms with Crippen molar-refractivity contribution in [2.45, 2.75) is 52.0 Å². The Morgan fingerprint density at radius 3 is 2.47 bits per heavy atom. The third-order valence-corrected chi connectivity index (χ3v) is 4.74. The quantitative estimate of drug-likeness (QED) is 0.821. The first-order valence-corrected chi connectivity index (χ1v) is 7.67. The van der Waals surface area contributed by atoms with Crippen molar-refractivity contribution < 1.29 is 9.59 Å². The van der Waals surface area contributed by atoms with Gasteiger partial charge in [0.05, 0.1) is 0 Å². The first-order valence-electron chi connectivity index (χ1n) is 7.67. The number of Topliss-reactive ketones (excluding diaryl/α,β-unsaturated/α-hetero) is 2. The number of hydrogen-bond acceptors (Lipinski definition) is 4. The van der Waals surface area contributed by atoms with Crippen LogP contribution in [0, 0.1) is 11.8 Å². The average Bonchev–Trinajstić information content (AvgIpc) is 2.99. The van der Waals surface area contributed by atoms with E-state index in [0.717, 1.165) is 39.0 Å². The lowest BCUT2D eigenvalue weighted by molar-refractivity contribution is -0.131. The van der Waals surface area contributed by atoms with Gasteiger partial charge in [0.2, 0.25) is 0 Å². The summed E-state index contributed by atoms with van der Waals surface area (Å²) in [6.45, 7) is 6.76. The zero-order chi connectivity index (χ0) is 13.8. The smallest absolute Gasteiger partial charge is 0.137 e. The van der Waals surface area contributed by atoms with Crippen molar-refractivity contribution >= 4 is 11.6 Å². The van der Waals surface area contributed by atoms with E-state index in [9.17, 15) is 9.59 Å². The van der Waals surface area contributed by atoms with E-state index < -0.39 is 0 Å². The van der Waals surface area contributed by atoms with Crippen LogP contribution in [0.2, 0.25) is 0 Å². The highest BCUT2D eigenvalue weighted by Gasteiger charge is 2.39. The van der Waals surface area contributed by atoms with Gasteiger partial charge in [0.25, 0.3) is 0 Å². The van der Waals surface area contributed by atoms with E-state index in [1.807, 2.05) is 13.8 Å². The topological polar surface area (TPSA) is 49.4 Å². The lowest BCUT2D eigenvalue weighted by Gasteiger charge is -2.39. The van der Waals surface area contributed by atoms with Crippen LogP contribution in [0.25, 0.3) is 0 Å². The molecule has 108 valence electrons. The summed E-state index contributed by atoms with van der Waals surface area (Å²) in [5.41, 5.74) is 0. The molecule has 1 saturated carbocycles. The number of rotatable bonds is 5. The molecule has 0 aromatic rings. The second-order valence-electron chi connectivity index (χ2n) is 5.79. The van der Waals surface area contributed by atoms with Gasteiger partial charge in [-0.2, -0.15) is 0 Å². The standard InChI is InChI=1S/C15H26N2O2/c1-3-14(18)11-5-6-12(15(19)4-2)13(9-11)17-8-7-16-10-17/h11-13,16H,3-10H2,1-2H3. The van der Waals surface area contributed by atoms with Crippen molar-refractivity contribution in [1.82, 2.24) is 10.2 Å². The molecule has 0 aromatic heterocycles. The van der Waals surface area contributed by atoms with E-state index in [1.165, 1.54) is 0 Å². The van der Waals surface area contributed by atoms with Gasteiger partial charge in [-0.3, -0.25) is 14.5 Å². The molecule has 4 nitrogen and oxygen atoms in total. The molecule has 0 aromatic carbocycles. The summed E-state index contributed by atoms with van der Waals surface area (Å²) in [5.74, 6) is 1.07. The molecule has 1 aliphatic carbocycles. The highest BCUT2D eigenvalue weighted by Crippen LogP contribution is 2.34. The first-order chi connectivity index (χ1) is 9.17. The van der Waals surface area contributed by atoms with E-state index >= 15 is 0 Å². The maximum Gasteiger partial charge on any atom is 0.137 e. The van der Waals surface area contributed by atoms with Gasteiger partial charge >= 0.3 is 0 Å². The minimum absolute atomic E-state index is 0.144. The van der Waals surface area contributed by atoms with Crippen LogP contribution in [0.5, 0.6) is 0 Å². The van der Waals surface area contributed by atoms with E-state index in [2.05, 4.69) is 10.2 Å². The van der Waals surface area contributed by atoms with Gasteiger partial charge < -0.3 is 5.32 Å². The van der Waals surface area contributed by atoms with Gasteiger partial charge in [-0.05, 0) is 19.3 Å². The SMILES string of the molecule is CCC(=O)C1CCC(C(=O)CC)C(N2CCNC2)C1. The van der Waals surface area contributed by atoms with E-state index in [1.54, 1.807) is 0 Å². The number of carbonyl (C=O) groups is 2. The fourth-order valence-electron chi connectivity index (χ4n) is 3.58. The molecular formula is C15H26N2O2. The molecule has 4 heteroatoms. The Morgan fingerprint density at radius 1 is 1.16 bits per heavy atom. The predicted molar refractivity (Wildman–Crippen MR) is 74.8 cm³/mol. The van der Waals surface area contributed by atoms with Crippen LogP contribution in [0.1, 0.15) is 46.0 Å². The van der Waals surface area contributed by atoms with Crippen LogP contribution in [0.3, 0.4) is 0 Å². The lowest BCUT2D eigenvalue weighted by Crippen LogP contribution is -2.47. The predicted octanol–water partition coefficient (Wildman–Crippen LogP) is 1.59. The van der Waals surface area contributed by atoms with Crippen molar-refractivity contribution in [1.29, 1.82) is 0 Å². The fraction of sp³-hybridized carbons (Fsp3) is 0.867. The fourth-order valence-corrected chi connectivity index (χ4v) is 3.58. The van der Waals surface area contributed by atoms with Gasteiger partial charge in [-0.1, -0.05) is 13.8 Å². The summed E-state index contributed by atoms with van der Waals surface area (Å²) in [5, 5.41) is 3.33. The molecule has 3 unspecified atom stereocenters. The summed E-state index contributed by atoms with van der Waals surface area (Å²) in [6, 6.07) is 0.275. The number of carbonyl (C=O) groups excluding carboxylic acids is 2. The molecule has 1 aliphatic heterocycles. The molecule has 19 heavy (non-hydrogen) atoms. The van der Waals surface area contributed by atoms with Crippen molar-refractivity contribution in [3.05, 3.63) is 0 Å². The number of ketones is 2. The molecule has 1 N–H and O–H groups in total. The van der Waals surface area contributed by atoms with Gasteiger partial charge in [0.15, 0.2) is 0 Å². The Hall–Kier alpha value is -0.740. The van der Waals surface area contributed by atoms with Crippen LogP contribution in [-0.4, -0.2) is 42.3 Å². The summed E-state index contributed by atoms with van der Waals surface area (Å²) < 4.78 is 0. The first kappa shape index (κ1) is 14.7. The second kappa shape index (κ2) is 6.62. The highest BCUT2D eigenvalue weighted by atomic mass is 16.1. The zero-order valence-corrected chi connectivity index (χ0v) is 12.2. The summed E-state index contributed by atoms with van der Waals surface area (Å²) >= 11 is 0. The molecule has 0 amide bonds. The van der Waals surface area contributed by atoms with Crippen LogP contribution >= 0.6 is 0 Å². The minimum Gasteiger partial charge on any atom is -0.303 e. The monoisotopic (exact) mass is 266 g/mol. The van der Waals surface area contributed by atoms with Crippen LogP contribution < -0.4 is 5.32 Å². The second-order valence-corrected chi connectivity index (χ2v) is 5.79. The largest absolute Gasteiger partial charge is 0.303 e. The summed E-state index contributed by atoms with van der Waals surface area (Å²) in [6.07, 6.45) is 3.92.